The third-order valence-electron chi connectivity index (χ3n) is 2.46. The normalized spacial score (nSPS) is 12.1. The predicted molar refractivity (Wildman–Crippen MR) is 71.1 cm³/mol. The summed E-state index contributed by atoms with van der Waals surface area (Å²) in [5.41, 5.74) is 0.853. The van der Waals surface area contributed by atoms with Crippen molar-refractivity contribution in [2.24, 2.45) is 0 Å². The van der Waals surface area contributed by atoms with Crippen molar-refractivity contribution in [3.05, 3.63) is 52.8 Å². The smallest absolute Gasteiger partial charge is 0.335 e. The van der Waals surface area contributed by atoms with Crippen molar-refractivity contribution in [3.8, 4) is 0 Å². The number of esters is 1. The maximum Gasteiger partial charge on any atom is 0.335 e. The van der Waals surface area contributed by atoms with Gasteiger partial charge in [-0.15, -0.1) is 0 Å². The molecule has 5 heteroatoms. The first-order valence-corrected chi connectivity index (χ1v) is 6.43. The minimum atomic E-state index is -0.544. The van der Waals surface area contributed by atoms with E-state index in [1.165, 1.54) is 0 Å². The molecule has 94 valence electrons. The lowest BCUT2D eigenvalue weighted by Crippen LogP contribution is -2.23. The van der Waals surface area contributed by atoms with E-state index in [1.54, 1.807) is 24.0 Å². The SMILES string of the molecule is CCOC(=O)[C@@H](c1ccccc1)n1cc(Br)cn1. The summed E-state index contributed by atoms with van der Waals surface area (Å²) in [5, 5.41) is 4.16. The molecule has 2 rings (SSSR count). The van der Waals surface area contributed by atoms with Crippen LogP contribution >= 0.6 is 15.9 Å². The Hall–Kier alpha value is -1.62. The molecule has 1 heterocycles. The molecule has 1 atom stereocenters. The van der Waals surface area contributed by atoms with Crippen LogP contribution in [0.4, 0.5) is 0 Å². The number of hydrogen-bond acceptors (Lipinski definition) is 3. The van der Waals surface area contributed by atoms with E-state index in [2.05, 4.69) is 21.0 Å². The fourth-order valence-electron chi connectivity index (χ4n) is 1.71. The highest BCUT2D eigenvalue weighted by atomic mass is 79.9. The molecule has 0 aliphatic carbocycles. The molecular weight excluding hydrogens is 296 g/mol. The molecule has 0 unspecified atom stereocenters. The Bertz CT molecular complexity index is 525. The van der Waals surface area contributed by atoms with Crippen LogP contribution in [-0.2, 0) is 9.53 Å². The van der Waals surface area contributed by atoms with Gasteiger partial charge in [-0.05, 0) is 28.4 Å². The molecule has 1 aromatic carbocycles. The number of halogens is 1. The number of carbonyl (C=O) groups excluding carboxylic acids is 1. The predicted octanol–water partition coefficient (Wildman–Crippen LogP) is 2.80. The third-order valence-corrected chi connectivity index (χ3v) is 2.87. The van der Waals surface area contributed by atoms with Crippen LogP contribution in [0.25, 0.3) is 0 Å². The van der Waals surface area contributed by atoms with Crippen molar-refractivity contribution in [1.29, 1.82) is 0 Å². The van der Waals surface area contributed by atoms with Gasteiger partial charge in [0.25, 0.3) is 0 Å². The quantitative estimate of drug-likeness (QED) is 0.816. The standard InChI is InChI=1S/C13H13BrN2O2/c1-2-18-13(17)12(10-6-4-3-5-7-10)16-9-11(14)8-15-16/h3-9,12H,2H2,1H3/t12-/m1/s1. The molecule has 0 aliphatic rings. The van der Waals surface area contributed by atoms with Gasteiger partial charge in [0.15, 0.2) is 6.04 Å². The molecular formula is C13H13BrN2O2. The molecule has 18 heavy (non-hydrogen) atoms. The van der Waals surface area contributed by atoms with Crippen LogP contribution in [0.15, 0.2) is 47.2 Å². The van der Waals surface area contributed by atoms with Crippen LogP contribution in [0.1, 0.15) is 18.5 Å². The van der Waals surface area contributed by atoms with Crippen molar-refractivity contribution in [1.82, 2.24) is 9.78 Å². The maximum atomic E-state index is 12.1. The second-order valence-electron chi connectivity index (χ2n) is 3.70. The van der Waals surface area contributed by atoms with Gasteiger partial charge in [-0.25, -0.2) is 4.79 Å². The summed E-state index contributed by atoms with van der Waals surface area (Å²) in [6, 6.07) is 8.91. The highest BCUT2D eigenvalue weighted by Crippen LogP contribution is 2.21. The molecule has 0 aliphatic heterocycles. The minimum Gasteiger partial charge on any atom is -0.464 e. The Kier molecular flexibility index (Phi) is 4.15. The van der Waals surface area contributed by atoms with Crippen LogP contribution in [0.5, 0.6) is 0 Å². The van der Waals surface area contributed by atoms with E-state index in [0.29, 0.717) is 6.61 Å². The average Bonchev–Trinajstić information content (AvgIpc) is 2.78. The fourth-order valence-corrected chi connectivity index (χ4v) is 2.01. The first-order valence-electron chi connectivity index (χ1n) is 5.63. The zero-order chi connectivity index (χ0) is 13.0. The molecule has 0 bridgehead atoms. The second-order valence-corrected chi connectivity index (χ2v) is 4.62. The zero-order valence-electron chi connectivity index (χ0n) is 9.91. The van der Waals surface area contributed by atoms with Gasteiger partial charge in [-0.1, -0.05) is 30.3 Å². The fraction of sp³-hybridized carbons (Fsp3) is 0.231. The summed E-state index contributed by atoms with van der Waals surface area (Å²) in [5.74, 6) is -0.306. The second kappa shape index (κ2) is 5.82. The van der Waals surface area contributed by atoms with Crippen LogP contribution in [0.2, 0.25) is 0 Å². The Morgan fingerprint density at radius 3 is 2.72 bits per heavy atom. The largest absolute Gasteiger partial charge is 0.464 e. The van der Waals surface area contributed by atoms with Gasteiger partial charge in [0.05, 0.1) is 17.3 Å². The van der Waals surface area contributed by atoms with Gasteiger partial charge in [0, 0.05) is 6.20 Å². The number of aromatic nitrogens is 2. The summed E-state index contributed by atoms with van der Waals surface area (Å²) in [6.07, 6.45) is 3.41. The average molecular weight is 309 g/mol. The van der Waals surface area contributed by atoms with Crippen molar-refractivity contribution >= 4 is 21.9 Å². The lowest BCUT2D eigenvalue weighted by atomic mass is 10.1. The third kappa shape index (κ3) is 2.79. The highest BCUT2D eigenvalue weighted by Gasteiger charge is 2.24. The number of rotatable bonds is 4. The zero-order valence-corrected chi connectivity index (χ0v) is 11.5. The molecule has 2 aromatic rings. The van der Waals surface area contributed by atoms with Crippen LogP contribution in [0, 0.1) is 0 Å². The summed E-state index contributed by atoms with van der Waals surface area (Å²) < 4.78 is 7.53. The Labute approximate surface area is 114 Å². The molecule has 0 N–H and O–H groups in total. The minimum absolute atomic E-state index is 0.306. The van der Waals surface area contributed by atoms with Gasteiger partial charge in [-0.2, -0.15) is 5.10 Å². The van der Waals surface area contributed by atoms with E-state index in [0.717, 1.165) is 10.0 Å². The Morgan fingerprint density at radius 2 is 2.17 bits per heavy atom. The van der Waals surface area contributed by atoms with Gasteiger partial charge in [0.2, 0.25) is 0 Å². The van der Waals surface area contributed by atoms with Crippen molar-refractivity contribution < 1.29 is 9.53 Å². The number of nitrogens with zero attached hydrogens (tertiary/aromatic N) is 2. The number of benzene rings is 1. The topological polar surface area (TPSA) is 44.1 Å². The molecule has 4 nitrogen and oxygen atoms in total. The monoisotopic (exact) mass is 308 g/mol. The number of hydrogen-bond donors (Lipinski definition) is 0. The highest BCUT2D eigenvalue weighted by molar-refractivity contribution is 9.10. The van der Waals surface area contributed by atoms with Gasteiger partial charge in [-0.3, -0.25) is 4.68 Å². The summed E-state index contributed by atoms with van der Waals surface area (Å²) >= 11 is 3.33. The van der Waals surface area contributed by atoms with E-state index in [1.807, 2.05) is 30.3 Å². The lowest BCUT2D eigenvalue weighted by Gasteiger charge is -2.16. The number of ether oxygens (including phenoxy) is 1. The van der Waals surface area contributed by atoms with E-state index >= 15 is 0 Å². The Balaban J connectivity index is 2.38. The van der Waals surface area contributed by atoms with E-state index in [4.69, 9.17) is 4.74 Å². The van der Waals surface area contributed by atoms with Gasteiger partial charge < -0.3 is 4.74 Å². The van der Waals surface area contributed by atoms with Crippen LogP contribution in [-0.4, -0.2) is 22.4 Å². The van der Waals surface area contributed by atoms with Crippen molar-refractivity contribution in [3.63, 3.8) is 0 Å². The summed E-state index contributed by atoms with van der Waals surface area (Å²) in [4.78, 5) is 12.1. The van der Waals surface area contributed by atoms with Crippen LogP contribution in [0.3, 0.4) is 0 Å². The molecule has 0 fully saturated rings. The molecule has 1 aromatic heterocycles. The van der Waals surface area contributed by atoms with Crippen molar-refractivity contribution in [2.75, 3.05) is 6.61 Å². The van der Waals surface area contributed by atoms with Gasteiger partial charge >= 0.3 is 5.97 Å². The molecule has 0 spiro atoms. The van der Waals surface area contributed by atoms with E-state index in [9.17, 15) is 4.79 Å². The first-order chi connectivity index (χ1) is 8.72. The first kappa shape index (κ1) is 12.8. The Morgan fingerprint density at radius 1 is 1.44 bits per heavy atom. The maximum absolute atomic E-state index is 12.1. The van der Waals surface area contributed by atoms with Crippen molar-refractivity contribution in [2.45, 2.75) is 13.0 Å². The molecule has 0 saturated carbocycles. The summed E-state index contributed by atoms with van der Waals surface area (Å²) in [7, 11) is 0. The molecule has 0 amide bonds. The summed E-state index contributed by atoms with van der Waals surface area (Å²) in [6.45, 7) is 2.14. The molecule has 0 radical (unpaired) electrons. The lowest BCUT2D eigenvalue weighted by molar-refractivity contribution is -0.146. The van der Waals surface area contributed by atoms with Gasteiger partial charge in [0.1, 0.15) is 0 Å². The van der Waals surface area contributed by atoms with E-state index in [-0.39, 0.29) is 5.97 Å². The number of carbonyl (C=O) groups is 1. The van der Waals surface area contributed by atoms with E-state index < -0.39 is 6.04 Å². The molecule has 0 saturated heterocycles. The van der Waals surface area contributed by atoms with Crippen LogP contribution < -0.4 is 0 Å².